The van der Waals surface area contributed by atoms with E-state index in [2.05, 4.69) is 107 Å². The van der Waals surface area contributed by atoms with Crippen LogP contribution in [-0.4, -0.2) is 83.5 Å². The van der Waals surface area contributed by atoms with Crippen molar-refractivity contribution in [3.63, 3.8) is 0 Å². The van der Waals surface area contributed by atoms with Crippen LogP contribution in [0.15, 0.2) is 110 Å². The summed E-state index contributed by atoms with van der Waals surface area (Å²) >= 11 is 0. The molecule has 1 fully saturated rings. The van der Waals surface area contributed by atoms with Crippen LogP contribution in [0.4, 0.5) is 13.2 Å². The highest BCUT2D eigenvalue weighted by atomic mass is 19.1. The number of rotatable bonds is 7. The second kappa shape index (κ2) is 20.5. The van der Waals surface area contributed by atoms with Gasteiger partial charge in [0.25, 0.3) is 0 Å². The molecule has 68 heavy (non-hydrogen) atoms. The average molecular weight is 921 g/mol. The van der Waals surface area contributed by atoms with Gasteiger partial charge in [-0.3, -0.25) is 0 Å². The van der Waals surface area contributed by atoms with Crippen molar-refractivity contribution < 1.29 is 17.9 Å². The summed E-state index contributed by atoms with van der Waals surface area (Å²) in [6, 6.07) is 29.3. The highest BCUT2D eigenvalue weighted by Gasteiger charge is 2.27. The molecule has 7 nitrogen and oxygen atoms in total. The third kappa shape index (κ3) is 9.53. The summed E-state index contributed by atoms with van der Waals surface area (Å²) in [5.74, 6) is 0.391. The maximum Gasteiger partial charge on any atom is 0.131 e. The molecule has 2 N–H and O–H groups in total. The number of nitrogens with two attached hydrogens (primary N) is 1. The van der Waals surface area contributed by atoms with Crippen molar-refractivity contribution in [3.8, 4) is 22.3 Å². The summed E-state index contributed by atoms with van der Waals surface area (Å²) in [4.78, 5) is 4.75. The first-order chi connectivity index (χ1) is 33.0. The molecule has 0 aliphatic carbocycles. The van der Waals surface area contributed by atoms with Crippen LogP contribution in [0, 0.1) is 37.2 Å². The van der Waals surface area contributed by atoms with Gasteiger partial charge in [-0.25, -0.2) is 13.2 Å². The Balaban J connectivity index is 0.000000125. The Labute approximate surface area is 399 Å². The zero-order valence-corrected chi connectivity index (χ0v) is 40.7. The van der Waals surface area contributed by atoms with Crippen LogP contribution in [0.2, 0.25) is 0 Å². The van der Waals surface area contributed by atoms with Crippen LogP contribution in [-0.2, 0) is 43.6 Å². The number of hydrogen-bond donors (Lipinski definition) is 1. The molecule has 3 aromatic heterocycles. The third-order valence-corrected chi connectivity index (χ3v) is 14.9. The summed E-state index contributed by atoms with van der Waals surface area (Å²) < 4.78 is 54.6. The molecular weight excluding hydrogens is 854 g/mol. The molecule has 4 aliphatic heterocycles. The van der Waals surface area contributed by atoms with E-state index in [0.29, 0.717) is 23.2 Å². The van der Waals surface area contributed by atoms with Gasteiger partial charge in [0.05, 0.1) is 16.6 Å². The number of aryl methyl sites for hydroxylation is 4. The zero-order chi connectivity index (χ0) is 47.6. The van der Waals surface area contributed by atoms with E-state index < -0.39 is 0 Å². The van der Waals surface area contributed by atoms with Crippen molar-refractivity contribution >= 4 is 32.7 Å². The van der Waals surface area contributed by atoms with Crippen LogP contribution in [0.5, 0.6) is 0 Å². The van der Waals surface area contributed by atoms with E-state index >= 15 is 0 Å². The summed E-state index contributed by atoms with van der Waals surface area (Å²) in [7, 11) is 7.98. The molecule has 5 aromatic carbocycles. The van der Waals surface area contributed by atoms with Crippen molar-refractivity contribution in [1.82, 2.24) is 23.5 Å². The summed E-state index contributed by atoms with van der Waals surface area (Å²) in [6.07, 6.45) is 14.3. The Bertz CT molecular complexity index is 3050. The molecule has 10 heteroatoms. The minimum absolute atomic E-state index is 0.115. The van der Waals surface area contributed by atoms with Gasteiger partial charge in [0.15, 0.2) is 0 Å². The van der Waals surface area contributed by atoms with E-state index in [0.717, 1.165) is 93.1 Å². The number of aromatic nitrogens is 3. The number of nitrogens with zero attached hydrogens (tertiary/aromatic N) is 5. The SMILES string of the molecule is CN.CN(CCC1CCOCC1)C1Cc2cc(F)cc3ccn(c23)C1.Cc1cc2c3c(c1)c(-c1ccccc1F)cn3CC(N(C)C)C2.Cc1ccc2c3c1c(-c1ccccc1F)cn3CCC2. The third-order valence-electron chi connectivity index (χ3n) is 14.9. The number of ether oxygens (including phenoxy) is 1. The van der Waals surface area contributed by atoms with E-state index in [1.165, 1.54) is 88.0 Å². The lowest BCUT2D eigenvalue weighted by Gasteiger charge is -2.34. The lowest BCUT2D eigenvalue weighted by Crippen LogP contribution is -2.40. The van der Waals surface area contributed by atoms with Crippen LogP contribution in [0.25, 0.3) is 55.0 Å². The van der Waals surface area contributed by atoms with Crippen molar-refractivity contribution in [2.45, 2.75) is 90.5 Å². The molecule has 1 saturated heterocycles. The highest BCUT2D eigenvalue weighted by molar-refractivity contribution is 6.01. The normalized spacial score (nSPS) is 17.5. The fraction of sp³-hybridized carbons (Fsp3) is 0.379. The lowest BCUT2D eigenvalue weighted by molar-refractivity contribution is 0.0589. The second-order valence-corrected chi connectivity index (χ2v) is 19.6. The molecule has 0 radical (unpaired) electrons. The van der Waals surface area contributed by atoms with Gasteiger partial charge in [-0.2, -0.15) is 0 Å². The summed E-state index contributed by atoms with van der Waals surface area (Å²) in [5, 5.41) is 3.41. The summed E-state index contributed by atoms with van der Waals surface area (Å²) in [6.45, 7) is 10.2. The Morgan fingerprint density at radius 1 is 0.662 bits per heavy atom. The average Bonchev–Trinajstić information content (AvgIpc) is 4.06. The first-order valence-corrected chi connectivity index (χ1v) is 24.5. The maximum absolute atomic E-state index is 14.3. The van der Waals surface area contributed by atoms with E-state index in [4.69, 9.17) is 4.74 Å². The minimum Gasteiger partial charge on any atom is -0.381 e. The van der Waals surface area contributed by atoms with Gasteiger partial charge in [-0.05, 0) is 158 Å². The minimum atomic E-state index is -0.155. The van der Waals surface area contributed by atoms with E-state index in [-0.39, 0.29) is 17.5 Å². The monoisotopic (exact) mass is 921 g/mol. The predicted octanol–water partition coefficient (Wildman–Crippen LogP) is 12.0. The maximum atomic E-state index is 14.3. The largest absolute Gasteiger partial charge is 0.381 e. The molecule has 0 spiro atoms. The Kier molecular flexibility index (Phi) is 14.3. The van der Waals surface area contributed by atoms with Gasteiger partial charge in [0.1, 0.15) is 17.5 Å². The first-order valence-electron chi connectivity index (χ1n) is 24.5. The Morgan fingerprint density at radius 3 is 2.04 bits per heavy atom. The van der Waals surface area contributed by atoms with Gasteiger partial charge in [0.2, 0.25) is 0 Å². The van der Waals surface area contributed by atoms with Crippen molar-refractivity contribution in [3.05, 3.63) is 155 Å². The standard InChI is InChI=1S/C20H21FN2.C19H25FN2O.C18H16FN.CH5N/c1-13-8-14-10-15(22(2)3)11-23-12-18(17(9-13)20(14)23)16-6-4-5-7-19(16)21;1-21(6-2-14-4-8-23-9-5-14)18-12-16-11-17(20)10-15-3-7-22(13-18)19(15)16;1-12-8-9-13-5-4-10-20-11-15(17(12)18(13)20)14-6-2-3-7-16(14)19;1-2/h4-9,12,15H,10-11H2,1-3H3;3,7,10-11,14,18H,2,4-6,8-9,12-13H2,1H3;2-3,6-9,11H,4-5,10H2,1H3;2H2,1H3. The van der Waals surface area contributed by atoms with Crippen molar-refractivity contribution in [1.29, 1.82) is 0 Å². The van der Waals surface area contributed by atoms with E-state index in [9.17, 15) is 13.2 Å². The fourth-order valence-corrected chi connectivity index (χ4v) is 11.3. The van der Waals surface area contributed by atoms with Gasteiger partial charge < -0.3 is 34.0 Å². The van der Waals surface area contributed by atoms with Gasteiger partial charge in [-0.15, -0.1) is 0 Å². The molecule has 2 unspecified atom stereocenters. The number of hydrogen-bond acceptors (Lipinski definition) is 4. The highest BCUT2D eigenvalue weighted by Crippen LogP contribution is 2.40. The van der Waals surface area contributed by atoms with Crippen molar-refractivity contribution in [2.75, 3.05) is 47.9 Å². The molecule has 2 atom stereocenters. The summed E-state index contributed by atoms with van der Waals surface area (Å²) in [5.41, 5.74) is 18.1. The molecule has 8 aromatic rings. The Morgan fingerprint density at radius 2 is 1.32 bits per heavy atom. The molecule has 12 rings (SSSR count). The first kappa shape index (κ1) is 47.4. The molecule has 4 aliphatic rings. The van der Waals surface area contributed by atoms with Gasteiger partial charge in [-0.1, -0.05) is 60.2 Å². The molecular formula is C58H67F3N6O. The van der Waals surface area contributed by atoms with Crippen LogP contribution in [0.1, 0.15) is 53.5 Å². The second-order valence-electron chi connectivity index (χ2n) is 19.6. The molecule has 0 amide bonds. The molecule has 7 heterocycles. The van der Waals surface area contributed by atoms with Crippen molar-refractivity contribution in [2.24, 2.45) is 11.7 Å². The molecule has 356 valence electrons. The smallest absolute Gasteiger partial charge is 0.131 e. The molecule has 0 saturated carbocycles. The Hall–Kier alpha value is -5.65. The van der Waals surface area contributed by atoms with Gasteiger partial charge >= 0.3 is 0 Å². The van der Waals surface area contributed by atoms with E-state index in [1.54, 1.807) is 24.3 Å². The van der Waals surface area contributed by atoms with Crippen LogP contribution < -0.4 is 5.73 Å². The van der Waals surface area contributed by atoms with Crippen LogP contribution in [0.3, 0.4) is 0 Å². The fourth-order valence-electron chi connectivity index (χ4n) is 11.3. The molecule has 0 bridgehead atoms. The zero-order valence-electron chi connectivity index (χ0n) is 40.7. The van der Waals surface area contributed by atoms with E-state index in [1.807, 2.05) is 30.3 Å². The topological polar surface area (TPSA) is 56.5 Å². The van der Waals surface area contributed by atoms with Gasteiger partial charge in [0, 0.05) is 102 Å². The number of halogens is 3. The van der Waals surface area contributed by atoms with Crippen LogP contribution >= 0.6 is 0 Å². The predicted molar refractivity (Wildman–Crippen MR) is 274 cm³/mol. The quantitative estimate of drug-likeness (QED) is 0.173. The number of benzene rings is 5. The number of likely N-dealkylation sites (N-methyl/N-ethyl adjacent to an activating group) is 2. The lowest BCUT2D eigenvalue weighted by atomic mass is 9.95.